The molecule has 0 atom stereocenters. The molecule has 0 unspecified atom stereocenters. The van der Waals surface area contributed by atoms with Gasteiger partial charge in [-0.1, -0.05) is 123 Å². The van der Waals surface area contributed by atoms with E-state index in [9.17, 15) is 9.90 Å². The number of carbonyl (C=O) groups excluding carboxylic acids is 1. The molecule has 50 heavy (non-hydrogen) atoms. The first-order chi connectivity index (χ1) is 23.1. The average Bonchev–Trinajstić information content (AvgIpc) is 3.43. The van der Waals surface area contributed by atoms with Gasteiger partial charge in [0.15, 0.2) is 5.78 Å². The van der Waals surface area contributed by atoms with Crippen molar-refractivity contribution >= 4 is 61.3 Å². The number of aromatic nitrogens is 1. The maximum absolute atomic E-state index is 11.7. The number of ketones is 1. The fourth-order valence-corrected chi connectivity index (χ4v) is 11.4. The Morgan fingerprint density at radius 1 is 0.880 bits per heavy atom. The van der Waals surface area contributed by atoms with Gasteiger partial charge in [-0.05, 0) is 64.6 Å². The Kier molecular flexibility index (Phi) is 14.4. The molecule has 3 aromatic carbocycles. The van der Waals surface area contributed by atoms with Crippen molar-refractivity contribution in [3.63, 3.8) is 0 Å². The number of benzene rings is 3. The Hall–Kier alpha value is -2.63. The summed E-state index contributed by atoms with van der Waals surface area (Å²) >= 11 is 1.94. The molecule has 0 aliphatic rings. The molecule has 271 valence electrons. The summed E-state index contributed by atoms with van der Waals surface area (Å²) in [5.74, 6) is 1.07. The maximum Gasteiger partial charge on any atom is 0.162 e. The van der Waals surface area contributed by atoms with Gasteiger partial charge in [0.1, 0.15) is 0 Å². The number of allylic oxidation sites excluding steroid dienone is 2. The molecule has 6 heteroatoms. The molecule has 0 saturated carbocycles. The normalized spacial score (nSPS) is 12.6. The molecule has 0 aliphatic heterocycles. The topological polar surface area (TPSA) is 50.2 Å². The first-order valence-electron chi connectivity index (χ1n) is 18.3. The minimum absolute atomic E-state index is 0. The van der Waals surface area contributed by atoms with Gasteiger partial charge in [0.2, 0.25) is 0 Å². The molecule has 1 N–H and O–H groups in total. The Morgan fingerprint density at radius 3 is 2.04 bits per heavy atom. The van der Waals surface area contributed by atoms with Crippen molar-refractivity contribution in [3.8, 4) is 11.3 Å². The van der Waals surface area contributed by atoms with Crippen molar-refractivity contribution in [2.75, 3.05) is 0 Å². The zero-order valence-electron chi connectivity index (χ0n) is 32.4. The van der Waals surface area contributed by atoms with Gasteiger partial charge < -0.3 is 5.11 Å². The zero-order valence-corrected chi connectivity index (χ0v) is 36.6. The summed E-state index contributed by atoms with van der Waals surface area (Å²) in [5, 5.41) is 16.5. The molecule has 0 amide bonds. The van der Waals surface area contributed by atoms with Gasteiger partial charge in [-0.15, -0.1) is 40.5 Å². The molecule has 1 radical (unpaired) electrons. The Labute approximate surface area is 320 Å². The van der Waals surface area contributed by atoms with Crippen molar-refractivity contribution in [3.05, 3.63) is 83.8 Å². The summed E-state index contributed by atoms with van der Waals surface area (Å²) < 4.78 is 2.75. The molecule has 3 nitrogen and oxygen atoms in total. The Balaban J connectivity index is 0.000000361. The van der Waals surface area contributed by atoms with Crippen molar-refractivity contribution in [1.82, 2.24) is 4.98 Å². The van der Waals surface area contributed by atoms with Gasteiger partial charge in [-0.3, -0.25) is 9.78 Å². The van der Waals surface area contributed by atoms with E-state index >= 15 is 0 Å². The van der Waals surface area contributed by atoms with Gasteiger partial charge in [0.25, 0.3) is 0 Å². The van der Waals surface area contributed by atoms with Crippen LogP contribution in [0.4, 0.5) is 0 Å². The third-order valence-electron chi connectivity index (χ3n) is 9.88. The van der Waals surface area contributed by atoms with E-state index in [-0.39, 0.29) is 48.9 Å². The van der Waals surface area contributed by atoms with Crippen LogP contribution in [0.3, 0.4) is 0 Å². The SMILES string of the molecule is CC(C)c1ccc2c(sc3c(-c4[c-]c5ccccc5c(C(C)(C)C)c4)nccc32)c1[Si](C)(C)C.CCC(CC)C(=O)/C=C(\O)C(CC)CC.[Ir]. The van der Waals surface area contributed by atoms with E-state index in [1.807, 2.05) is 45.2 Å². The molecule has 0 saturated heterocycles. The van der Waals surface area contributed by atoms with Crippen LogP contribution in [0.25, 0.3) is 42.2 Å². The molecule has 0 aliphatic carbocycles. The standard InChI is InChI=1S/C31H34NSSi.C13H24O2.Ir/c1-19(2)22-13-14-24-25-15-16-32-27(28(25)33-29(24)30(22)34(6,7)8)21-17-20-11-9-10-12-23(20)26(18-21)31(3,4)5;1-5-10(6-2)12(14)9-13(15)11(7-3)8-4;/h9-16,18-19H,1-8H3;9-11,14H,5-8H2,1-4H3;/q-1;;/b;12-9-;. The summed E-state index contributed by atoms with van der Waals surface area (Å²) in [4.78, 5) is 16.7. The summed E-state index contributed by atoms with van der Waals surface area (Å²) in [6.45, 7) is 27.0. The fraction of sp³-hybridized carbons (Fsp3) is 0.455. The third kappa shape index (κ3) is 9.04. The summed E-state index contributed by atoms with van der Waals surface area (Å²) in [5.41, 5.74) is 5.05. The van der Waals surface area contributed by atoms with Gasteiger partial charge in [0, 0.05) is 59.3 Å². The number of pyridine rings is 1. The number of carbonyl (C=O) groups is 1. The number of thiophene rings is 1. The first-order valence-corrected chi connectivity index (χ1v) is 22.6. The number of fused-ring (bicyclic) bond motifs is 4. The van der Waals surface area contributed by atoms with Crippen LogP contribution < -0.4 is 5.19 Å². The van der Waals surface area contributed by atoms with E-state index in [1.165, 1.54) is 42.8 Å². The minimum Gasteiger partial charge on any atom is -0.512 e. The second-order valence-electron chi connectivity index (χ2n) is 15.8. The quantitative estimate of drug-likeness (QED) is 0.0658. The zero-order chi connectivity index (χ0) is 36.3. The fourth-order valence-electron chi connectivity index (χ4n) is 6.99. The average molecular weight is 885 g/mol. The number of rotatable bonds is 10. The Bertz CT molecular complexity index is 1950. The van der Waals surface area contributed by atoms with Crippen LogP contribution >= 0.6 is 11.3 Å². The van der Waals surface area contributed by atoms with E-state index in [4.69, 9.17) is 4.98 Å². The van der Waals surface area contributed by atoms with Crippen LogP contribution in [0.2, 0.25) is 19.6 Å². The van der Waals surface area contributed by atoms with Crippen molar-refractivity contribution in [1.29, 1.82) is 0 Å². The summed E-state index contributed by atoms with van der Waals surface area (Å²) in [6.07, 6.45) is 6.89. The van der Waals surface area contributed by atoms with Gasteiger partial charge >= 0.3 is 0 Å². The van der Waals surface area contributed by atoms with Crippen LogP contribution in [0.1, 0.15) is 105 Å². The van der Waals surface area contributed by atoms with Gasteiger partial charge in [-0.25, -0.2) is 0 Å². The number of hydrogen-bond donors (Lipinski definition) is 1. The Morgan fingerprint density at radius 2 is 1.48 bits per heavy atom. The second-order valence-corrected chi connectivity index (χ2v) is 21.9. The monoisotopic (exact) mass is 885 g/mol. The predicted octanol–water partition coefficient (Wildman–Crippen LogP) is 12.9. The predicted molar refractivity (Wildman–Crippen MR) is 219 cm³/mol. The van der Waals surface area contributed by atoms with Gasteiger partial charge in [-0.2, -0.15) is 0 Å². The summed E-state index contributed by atoms with van der Waals surface area (Å²) in [7, 11) is -1.55. The van der Waals surface area contributed by atoms with Crippen LogP contribution in [0.15, 0.2) is 66.6 Å². The van der Waals surface area contributed by atoms with E-state index in [0.29, 0.717) is 5.92 Å². The van der Waals surface area contributed by atoms with E-state index in [0.717, 1.165) is 42.3 Å². The molecule has 2 aromatic heterocycles. The van der Waals surface area contributed by atoms with Crippen LogP contribution in [-0.2, 0) is 30.3 Å². The molecule has 0 fully saturated rings. The molecule has 2 heterocycles. The summed E-state index contributed by atoms with van der Waals surface area (Å²) in [6, 6.07) is 21.6. The van der Waals surface area contributed by atoms with Crippen molar-refractivity contribution < 1.29 is 30.0 Å². The number of nitrogens with zero attached hydrogens (tertiary/aromatic N) is 1. The smallest absolute Gasteiger partial charge is 0.162 e. The maximum atomic E-state index is 11.7. The van der Waals surface area contributed by atoms with Crippen molar-refractivity contribution in [2.24, 2.45) is 11.8 Å². The van der Waals surface area contributed by atoms with Crippen LogP contribution in [0, 0.1) is 17.9 Å². The number of aliphatic hydroxyl groups excluding tert-OH is 1. The third-order valence-corrected chi connectivity index (χ3v) is 13.3. The minimum atomic E-state index is -1.55. The van der Waals surface area contributed by atoms with Crippen molar-refractivity contribution in [2.45, 2.75) is 119 Å². The number of aliphatic hydroxyl groups is 1. The van der Waals surface area contributed by atoms with E-state index < -0.39 is 8.07 Å². The van der Waals surface area contributed by atoms with Crippen LogP contribution in [0.5, 0.6) is 0 Å². The number of hydrogen-bond acceptors (Lipinski definition) is 4. The molecular weight excluding hydrogens is 827 g/mol. The molecule has 0 bridgehead atoms. The van der Waals surface area contributed by atoms with Gasteiger partial charge in [0.05, 0.1) is 13.8 Å². The van der Waals surface area contributed by atoms with E-state index in [1.54, 1.807) is 5.19 Å². The largest absolute Gasteiger partial charge is 0.512 e. The first kappa shape index (κ1) is 41.8. The van der Waals surface area contributed by atoms with E-state index in [2.05, 4.69) is 109 Å². The molecule has 5 aromatic rings. The molecule has 5 rings (SSSR count). The molecular formula is C44H58IrNO2SSi-. The second kappa shape index (κ2) is 17.3. The van der Waals surface area contributed by atoms with Crippen LogP contribution in [-0.4, -0.2) is 23.9 Å². The molecule has 0 spiro atoms.